The maximum atomic E-state index is 12.8. The van der Waals surface area contributed by atoms with Crippen molar-refractivity contribution in [3.05, 3.63) is 0 Å². The van der Waals surface area contributed by atoms with Crippen molar-refractivity contribution in [2.45, 2.75) is 69.1 Å². The number of aliphatic carboxylic acids is 4. The van der Waals surface area contributed by atoms with Gasteiger partial charge >= 0.3 is 23.9 Å². The Kier molecular flexibility index (Phi) is 15.5. The number of carbonyl (C=O) groups is 7. The summed E-state index contributed by atoms with van der Waals surface area (Å²) in [5.74, 6) is -7.66. The predicted octanol–water partition coefficient (Wildman–Crippen LogP) is -1.80. The molecule has 9 N–H and O–H groups in total. The van der Waals surface area contributed by atoms with Crippen LogP contribution in [0.3, 0.4) is 0 Å². The minimum atomic E-state index is -1.50. The quantitative estimate of drug-likeness (QED) is 0.0906. The molecule has 16 heteroatoms. The van der Waals surface area contributed by atoms with Crippen molar-refractivity contribution >= 4 is 53.4 Å². The fraction of sp³-hybridized carbons (Fsp3) is 0.650. The largest absolute Gasteiger partial charge is 0.481 e. The second-order valence-corrected chi connectivity index (χ2v) is 8.69. The molecule has 4 unspecified atom stereocenters. The number of amides is 3. The number of rotatable bonds is 19. The smallest absolute Gasteiger partial charge is 0.326 e. The van der Waals surface area contributed by atoms with E-state index in [1.165, 1.54) is 11.8 Å². The van der Waals surface area contributed by atoms with Gasteiger partial charge in [-0.25, -0.2) is 4.79 Å². The normalized spacial score (nSPS) is 13.9. The Balaban J connectivity index is 5.59. The minimum absolute atomic E-state index is 0.0629. The van der Waals surface area contributed by atoms with Crippen LogP contribution in [0.1, 0.15) is 44.9 Å². The Hall–Kier alpha value is -3.40. The molecule has 0 aliphatic rings. The second kappa shape index (κ2) is 17.1. The Morgan fingerprint density at radius 1 is 0.639 bits per heavy atom. The lowest BCUT2D eigenvalue weighted by atomic mass is 10.1. The van der Waals surface area contributed by atoms with Gasteiger partial charge in [-0.2, -0.15) is 11.8 Å². The number of nitrogens with two attached hydrogens (primary N) is 1. The van der Waals surface area contributed by atoms with Gasteiger partial charge in [0, 0.05) is 19.3 Å². The molecule has 0 aliphatic carbocycles. The van der Waals surface area contributed by atoms with Crippen molar-refractivity contribution in [1.29, 1.82) is 0 Å². The Labute approximate surface area is 210 Å². The number of hydrogen-bond donors (Lipinski definition) is 8. The first-order valence-electron chi connectivity index (χ1n) is 10.8. The van der Waals surface area contributed by atoms with Gasteiger partial charge in [0.25, 0.3) is 0 Å². The molecule has 0 rings (SSSR count). The molecule has 0 bridgehead atoms. The molecular formula is C20H32N4O11S. The SMILES string of the molecule is CSCCC(NC(=O)C(CCC(=O)O)NC(=O)C(CCC(=O)O)NC(=O)C(N)CCC(=O)O)C(=O)O. The third kappa shape index (κ3) is 14.1. The van der Waals surface area contributed by atoms with Crippen LogP contribution in [-0.2, 0) is 33.6 Å². The lowest BCUT2D eigenvalue weighted by Gasteiger charge is -2.25. The van der Waals surface area contributed by atoms with Crippen LogP contribution in [0.15, 0.2) is 0 Å². The molecule has 0 saturated carbocycles. The number of hydrogen-bond acceptors (Lipinski definition) is 9. The summed E-state index contributed by atoms with van der Waals surface area (Å²) in [5.41, 5.74) is 5.61. The van der Waals surface area contributed by atoms with E-state index in [-0.39, 0.29) is 12.8 Å². The molecule has 0 aromatic rings. The summed E-state index contributed by atoms with van der Waals surface area (Å²) in [5, 5.41) is 42.6. The van der Waals surface area contributed by atoms with Crippen molar-refractivity contribution in [2.75, 3.05) is 12.0 Å². The number of nitrogens with one attached hydrogen (secondary N) is 3. The van der Waals surface area contributed by atoms with E-state index < -0.39 is 97.9 Å². The molecule has 3 amide bonds. The second-order valence-electron chi connectivity index (χ2n) is 7.71. The van der Waals surface area contributed by atoms with E-state index >= 15 is 0 Å². The van der Waals surface area contributed by atoms with Gasteiger partial charge in [0.05, 0.1) is 6.04 Å². The molecule has 0 aromatic heterocycles. The summed E-state index contributed by atoms with van der Waals surface area (Å²) in [6.07, 6.45) is -0.860. The lowest BCUT2D eigenvalue weighted by molar-refractivity contribution is -0.143. The summed E-state index contributed by atoms with van der Waals surface area (Å²) in [7, 11) is 0. The fourth-order valence-corrected chi connectivity index (χ4v) is 3.27. The lowest BCUT2D eigenvalue weighted by Crippen LogP contribution is -2.57. The van der Waals surface area contributed by atoms with Crippen LogP contribution in [-0.4, -0.2) is 98.2 Å². The average molecular weight is 537 g/mol. The molecule has 0 aliphatic heterocycles. The van der Waals surface area contributed by atoms with Crippen molar-refractivity contribution in [3.8, 4) is 0 Å². The highest BCUT2D eigenvalue weighted by molar-refractivity contribution is 7.98. The number of carbonyl (C=O) groups excluding carboxylic acids is 3. The molecule has 15 nitrogen and oxygen atoms in total. The van der Waals surface area contributed by atoms with Crippen LogP contribution in [0.2, 0.25) is 0 Å². The van der Waals surface area contributed by atoms with Gasteiger partial charge in [-0.3, -0.25) is 28.8 Å². The third-order valence-corrected chi connectivity index (χ3v) is 5.43. The molecule has 0 fully saturated rings. The minimum Gasteiger partial charge on any atom is -0.481 e. The Bertz CT molecular complexity index is 823. The summed E-state index contributed by atoms with van der Waals surface area (Å²) < 4.78 is 0. The fourth-order valence-electron chi connectivity index (χ4n) is 2.80. The van der Waals surface area contributed by atoms with Crippen molar-refractivity contribution in [3.63, 3.8) is 0 Å². The maximum Gasteiger partial charge on any atom is 0.326 e. The first kappa shape index (κ1) is 32.6. The van der Waals surface area contributed by atoms with Gasteiger partial charge in [-0.15, -0.1) is 0 Å². The van der Waals surface area contributed by atoms with Crippen LogP contribution in [0.25, 0.3) is 0 Å². The first-order chi connectivity index (χ1) is 16.8. The van der Waals surface area contributed by atoms with Gasteiger partial charge in [-0.05, 0) is 37.7 Å². The van der Waals surface area contributed by atoms with Crippen LogP contribution >= 0.6 is 11.8 Å². The van der Waals surface area contributed by atoms with Gasteiger partial charge < -0.3 is 42.1 Å². The molecular weight excluding hydrogens is 504 g/mol. The topological polar surface area (TPSA) is 263 Å². The summed E-state index contributed by atoms with van der Waals surface area (Å²) in [6.45, 7) is 0. The van der Waals surface area contributed by atoms with E-state index in [1.54, 1.807) is 6.26 Å². The first-order valence-corrected chi connectivity index (χ1v) is 12.2. The number of carboxylic acids is 4. The molecule has 0 saturated heterocycles. The summed E-state index contributed by atoms with van der Waals surface area (Å²) in [6, 6.07) is -5.63. The van der Waals surface area contributed by atoms with E-state index in [4.69, 9.17) is 21.1 Å². The van der Waals surface area contributed by atoms with Crippen LogP contribution in [0.4, 0.5) is 0 Å². The molecule has 0 radical (unpaired) electrons. The van der Waals surface area contributed by atoms with E-state index in [0.29, 0.717) is 5.75 Å². The molecule has 0 aromatic carbocycles. The van der Waals surface area contributed by atoms with Gasteiger partial charge in [-0.1, -0.05) is 0 Å². The Morgan fingerprint density at radius 2 is 1.03 bits per heavy atom. The van der Waals surface area contributed by atoms with Crippen LogP contribution in [0, 0.1) is 0 Å². The molecule has 36 heavy (non-hydrogen) atoms. The monoisotopic (exact) mass is 536 g/mol. The number of carboxylic acid groups (broad SMARTS) is 4. The van der Waals surface area contributed by atoms with Crippen molar-refractivity contribution in [2.24, 2.45) is 5.73 Å². The number of thioether (sulfide) groups is 1. The summed E-state index contributed by atoms with van der Waals surface area (Å²) >= 11 is 1.34. The molecule has 0 heterocycles. The Morgan fingerprint density at radius 3 is 1.42 bits per heavy atom. The molecule has 4 atom stereocenters. The van der Waals surface area contributed by atoms with E-state index in [9.17, 15) is 38.7 Å². The van der Waals surface area contributed by atoms with E-state index in [1.807, 2.05) is 0 Å². The van der Waals surface area contributed by atoms with Gasteiger partial charge in [0.15, 0.2) is 0 Å². The average Bonchev–Trinajstić information content (AvgIpc) is 2.79. The predicted molar refractivity (Wildman–Crippen MR) is 125 cm³/mol. The standard InChI is InChI=1S/C20H32N4O11S/c1-36-9-8-13(20(34)35)24-19(33)12(4-7-16(29)30)23-18(32)11(3-6-15(27)28)22-17(31)10(21)2-5-14(25)26/h10-13H,2-9,21H2,1H3,(H,22,31)(H,23,32)(H,24,33)(H,25,26)(H,27,28)(H,29,30)(H,34,35). The van der Waals surface area contributed by atoms with E-state index in [0.717, 1.165) is 0 Å². The van der Waals surface area contributed by atoms with E-state index in [2.05, 4.69) is 16.0 Å². The van der Waals surface area contributed by atoms with Crippen LogP contribution < -0.4 is 21.7 Å². The zero-order valence-electron chi connectivity index (χ0n) is 19.6. The zero-order chi connectivity index (χ0) is 27.8. The van der Waals surface area contributed by atoms with Gasteiger partial charge in [0.2, 0.25) is 17.7 Å². The summed E-state index contributed by atoms with van der Waals surface area (Å²) in [4.78, 5) is 81.9. The molecule has 204 valence electrons. The third-order valence-electron chi connectivity index (χ3n) is 4.79. The van der Waals surface area contributed by atoms with Crippen molar-refractivity contribution in [1.82, 2.24) is 16.0 Å². The maximum absolute atomic E-state index is 12.8. The molecule has 0 spiro atoms. The van der Waals surface area contributed by atoms with Gasteiger partial charge in [0.1, 0.15) is 18.1 Å². The zero-order valence-corrected chi connectivity index (χ0v) is 20.4. The van der Waals surface area contributed by atoms with Crippen molar-refractivity contribution < 1.29 is 54.0 Å². The highest BCUT2D eigenvalue weighted by atomic mass is 32.2. The highest BCUT2D eigenvalue weighted by Gasteiger charge is 2.31. The highest BCUT2D eigenvalue weighted by Crippen LogP contribution is 2.07. The van der Waals surface area contributed by atoms with Crippen LogP contribution in [0.5, 0.6) is 0 Å².